The van der Waals surface area contributed by atoms with Gasteiger partial charge in [0, 0.05) is 12.1 Å². The second-order valence-electron chi connectivity index (χ2n) is 3.40. The van der Waals surface area contributed by atoms with Crippen LogP contribution in [0.4, 0.5) is 0 Å². The lowest BCUT2D eigenvalue weighted by atomic mass is 9.98. The number of aliphatic hydroxyl groups excluding tert-OH is 1. The van der Waals surface area contributed by atoms with Gasteiger partial charge in [0.25, 0.3) is 0 Å². The molecular formula is C9H22N2O. The highest BCUT2D eigenvalue weighted by Gasteiger charge is 2.20. The van der Waals surface area contributed by atoms with E-state index in [1.54, 1.807) is 0 Å². The Hall–Kier alpha value is -0.120. The Morgan fingerprint density at radius 2 is 1.33 bits per heavy atom. The quantitative estimate of drug-likeness (QED) is 0.552. The maximum absolute atomic E-state index is 9.60. The molecule has 3 heteroatoms. The normalized spacial score (nSPS) is 18.8. The van der Waals surface area contributed by atoms with Gasteiger partial charge in [0.05, 0.1) is 6.10 Å². The van der Waals surface area contributed by atoms with E-state index in [2.05, 4.69) is 13.8 Å². The van der Waals surface area contributed by atoms with Crippen LogP contribution in [0.2, 0.25) is 0 Å². The first kappa shape index (κ1) is 11.9. The standard InChI is InChI=1S/C9H22N2O/c1-3-5-7(10)9(12)8(11)6-4-2/h7-9,12H,3-6,10-11H2,1-2H3. The van der Waals surface area contributed by atoms with E-state index in [1.165, 1.54) is 0 Å². The smallest absolute Gasteiger partial charge is 0.0841 e. The molecule has 0 rings (SSSR count). The summed E-state index contributed by atoms with van der Waals surface area (Å²) in [5.41, 5.74) is 11.5. The summed E-state index contributed by atoms with van der Waals surface area (Å²) in [7, 11) is 0. The Bertz CT molecular complexity index is 96.7. The third-order valence-electron chi connectivity index (χ3n) is 2.12. The molecule has 5 N–H and O–H groups in total. The van der Waals surface area contributed by atoms with Gasteiger partial charge in [-0.25, -0.2) is 0 Å². The fourth-order valence-electron chi connectivity index (χ4n) is 1.33. The van der Waals surface area contributed by atoms with E-state index >= 15 is 0 Å². The number of aliphatic hydroxyl groups is 1. The summed E-state index contributed by atoms with van der Waals surface area (Å²) in [6.07, 6.45) is 3.15. The molecule has 0 bridgehead atoms. The minimum atomic E-state index is -0.537. The molecule has 0 amide bonds. The topological polar surface area (TPSA) is 72.3 Å². The Balaban J connectivity index is 3.73. The van der Waals surface area contributed by atoms with E-state index in [0.29, 0.717) is 0 Å². The average molecular weight is 174 g/mol. The fraction of sp³-hybridized carbons (Fsp3) is 1.00. The third kappa shape index (κ3) is 4.04. The molecule has 0 aliphatic rings. The highest BCUT2D eigenvalue weighted by atomic mass is 16.3. The molecule has 0 aliphatic carbocycles. The Labute approximate surface area is 75.1 Å². The molecule has 0 saturated carbocycles. The van der Waals surface area contributed by atoms with Gasteiger partial charge in [0.15, 0.2) is 0 Å². The van der Waals surface area contributed by atoms with Crippen molar-refractivity contribution in [2.24, 2.45) is 11.5 Å². The second kappa shape index (κ2) is 6.40. The van der Waals surface area contributed by atoms with Crippen molar-refractivity contribution in [2.45, 2.75) is 57.7 Å². The molecule has 3 nitrogen and oxygen atoms in total. The van der Waals surface area contributed by atoms with Crippen molar-refractivity contribution >= 4 is 0 Å². The number of hydrogen-bond acceptors (Lipinski definition) is 3. The minimum Gasteiger partial charge on any atom is -0.390 e. The Morgan fingerprint density at radius 1 is 1.00 bits per heavy atom. The molecule has 2 atom stereocenters. The lowest BCUT2D eigenvalue weighted by molar-refractivity contribution is 0.108. The average Bonchev–Trinajstić information content (AvgIpc) is 2.04. The molecule has 0 spiro atoms. The maximum atomic E-state index is 9.60. The van der Waals surface area contributed by atoms with Crippen LogP contribution in [0.3, 0.4) is 0 Å². The zero-order chi connectivity index (χ0) is 9.56. The van der Waals surface area contributed by atoms with Crippen molar-refractivity contribution < 1.29 is 5.11 Å². The summed E-state index contributed by atoms with van der Waals surface area (Å²) in [5, 5.41) is 9.60. The zero-order valence-corrected chi connectivity index (χ0v) is 8.16. The summed E-state index contributed by atoms with van der Waals surface area (Å²) in [4.78, 5) is 0. The van der Waals surface area contributed by atoms with Gasteiger partial charge in [-0.1, -0.05) is 26.7 Å². The van der Waals surface area contributed by atoms with E-state index in [-0.39, 0.29) is 12.1 Å². The van der Waals surface area contributed by atoms with E-state index in [4.69, 9.17) is 11.5 Å². The lowest BCUT2D eigenvalue weighted by Gasteiger charge is -2.23. The van der Waals surface area contributed by atoms with E-state index in [1.807, 2.05) is 0 Å². The fourth-order valence-corrected chi connectivity index (χ4v) is 1.33. The van der Waals surface area contributed by atoms with Gasteiger partial charge in [-0.15, -0.1) is 0 Å². The van der Waals surface area contributed by atoms with Gasteiger partial charge in [0.1, 0.15) is 0 Å². The van der Waals surface area contributed by atoms with Crippen LogP contribution >= 0.6 is 0 Å². The predicted octanol–water partition coefficient (Wildman–Crippen LogP) is 0.602. The summed E-state index contributed by atoms with van der Waals surface area (Å²) >= 11 is 0. The van der Waals surface area contributed by atoms with Crippen LogP contribution in [0.1, 0.15) is 39.5 Å². The number of hydrogen-bond donors (Lipinski definition) is 3. The first-order valence-corrected chi connectivity index (χ1v) is 4.82. The van der Waals surface area contributed by atoms with Gasteiger partial charge < -0.3 is 16.6 Å². The van der Waals surface area contributed by atoms with Crippen LogP contribution < -0.4 is 11.5 Å². The van der Waals surface area contributed by atoms with Crippen molar-refractivity contribution in [3.05, 3.63) is 0 Å². The number of rotatable bonds is 6. The van der Waals surface area contributed by atoms with Crippen molar-refractivity contribution in [2.75, 3.05) is 0 Å². The van der Waals surface area contributed by atoms with Crippen LogP contribution in [0.15, 0.2) is 0 Å². The van der Waals surface area contributed by atoms with Crippen LogP contribution in [-0.2, 0) is 0 Å². The Kier molecular flexibility index (Phi) is 6.34. The first-order valence-electron chi connectivity index (χ1n) is 4.82. The molecule has 0 fully saturated rings. The molecule has 0 heterocycles. The van der Waals surface area contributed by atoms with Crippen molar-refractivity contribution in [1.29, 1.82) is 0 Å². The first-order chi connectivity index (χ1) is 5.63. The lowest BCUT2D eigenvalue weighted by Crippen LogP contribution is -2.47. The monoisotopic (exact) mass is 174 g/mol. The van der Waals surface area contributed by atoms with Crippen LogP contribution in [0.5, 0.6) is 0 Å². The van der Waals surface area contributed by atoms with Crippen molar-refractivity contribution in [3.8, 4) is 0 Å². The van der Waals surface area contributed by atoms with E-state index in [0.717, 1.165) is 25.7 Å². The molecule has 0 aromatic heterocycles. The molecule has 2 unspecified atom stereocenters. The van der Waals surface area contributed by atoms with E-state index in [9.17, 15) is 5.11 Å². The molecule has 0 aromatic carbocycles. The van der Waals surface area contributed by atoms with Crippen LogP contribution in [0, 0.1) is 0 Å². The van der Waals surface area contributed by atoms with Crippen LogP contribution in [0.25, 0.3) is 0 Å². The maximum Gasteiger partial charge on any atom is 0.0841 e. The Morgan fingerprint density at radius 3 is 1.58 bits per heavy atom. The molecule has 12 heavy (non-hydrogen) atoms. The minimum absolute atomic E-state index is 0.156. The van der Waals surface area contributed by atoms with Gasteiger partial charge in [-0.05, 0) is 12.8 Å². The van der Waals surface area contributed by atoms with Gasteiger partial charge >= 0.3 is 0 Å². The zero-order valence-electron chi connectivity index (χ0n) is 8.16. The summed E-state index contributed by atoms with van der Waals surface area (Å²) in [6, 6.07) is -0.312. The summed E-state index contributed by atoms with van der Waals surface area (Å²) in [5.74, 6) is 0. The van der Waals surface area contributed by atoms with Crippen molar-refractivity contribution in [3.63, 3.8) is 0 Å². The molecular weight excluding hydrogens is 152 g/mol. The predicted molar refractivity (Wildman–Crippen MR) is 51.8 cm³/mol. The molecule has 0 aliphatic heterocycles. The summed E-state index contributed by atoms with van der Waals surface area (Å²) < 4.78 is 0. The van der Waals surface area contributed by atoms with Gasteiger partial charge in [-0.3, -0.25) is 0 Å². The summed E-state index contributed by atoms with van der Waals surface area (Å²) in [6.45, 7) is 4.11. The highest BCUT2D eigenvalue weighted by molar-refractivity contribution is 4.80. The molecule has 74 valence electrons. The molecule has 0 saturated heterocycles. The van der Waals surface area contributed by atoms with E-state index < -0.39 is 6.10 Å². The van der Waals surface area contributed by atoms with Gasteiger partial charge in [0.2, 0.25) is 0 Å². The number of nitrogens with two attached hydrogens (primary N) is 2. The highest BCUT2D eigenvalue weighted by Crippen LogP contribution is 2.06. The molecule has 0 radical (unpaired) electrons. The largest absolute Gasteiger partial charge is 0.390 e. The van der Waals surface area contributed by atoms with Gasteiger partial charge in [-0.2, -0.15) is 0 Å². The van der Waals surface area contributed by atoms with Crippen molar-refractivity contribution in [1.82, 2.24) is 0 Å². The molecule has 0 aromatic rings. The SMILES string of the molecule is CCCC(N)C(O)C(N)CCC. The second-order valence-corrected chi connectivity index (χ2v) is 3.40. The van der Waals surface area contributed by atoms with Crippen LogP contribution in [-0.4, -0.2) is 23.3 Å². The third-order valence-corrected chi connectivity index (χ3v) is 2.12.